The van der Waals surface area contributed by atoms with Crippen molar-refractivity contribution in [2.45, 2.75) is 39.5 Å². The zero-order valence-electron chi connectivity index (χ0n) is 10.9. The van der Waals surface area contributed by atoms with Crippen LogP contribution in [0.1, 0.15) is 38.7 Å². The first-order valence-corrected chi connectivity index (χ1v) is 6.64. The number of hydrogen-bond acceptors (Lipinski definition) is 2. The Morgan fingerprint density at radius 2 is 2.06 bits per heavy atom. The fraction of sp³-hybridized carbons (Fsp3) is 0.467. The van der Waals surface area contributed by atoms with Gasteiger partial charge in [-0.2, -0.15) is 0 Å². The summed E-state index contributed by atoms with van der Waals surface area (Å²) < 4.78 is 0. The topological polar surface area (TPSA) is 15.3 Å². The van der Waals surface area contributed by atoms with E-state index >= 15 is 0 Å². The molecule has 1 aliphatic heterocycles. The van der Waals surface area contributed by atoms with Crippen molar-refractivity contribution in [1.82, 2.24) is 5.32 Å². The van der Waals surface area contributed by atoms with Gasteiger partial charge in [-0.1, -0.05) is 38.5 Å². The summed E-state index contributed by atoms with van der Waals surface area (Å²) in [6.45, 7) is 5.36. The molecule has 1 aromatic carbocycles. The molecule has 92 valence electrons. The Kier molecular flexibility index (Phi) is 4.08. The van der Waals surface area contributed by atoms with Crippen molar-refractivity contribution in [2.24, 2.45) is 0 Å². The zero-order valence-corrected chi connectivity index (χ0v) is 10.9. The molecule has 0 fully saturated rings. The Morgan fingerprint density at radius 1 is 1.24 bits per heavy atom. The van der Waals surface area contributed by atoms with E-state index in [1.54, 1.807) is 0 Å². The predicted molar refractivity (Wildman–Crippen MR) is 73.9 cm³/mol. The Balaban J connectivity index is 2.11. The van der Waals surface area contributed by atoms with Gasteiger partial charge in [0.25, 0.3) is 0 Å². The molecule has 1 heterocycles. The molecule has 0 bridgehead atoms. The largest absolute Gasteiger partial charge is 0.370 e. The average Bonchev–Trinajstić information content (AvgIpc) is 2.85. The highest BCUT2D eigenvalue weighted by atomic mass is 15.3. The van der Waals surface area contributed by atoms with Crippen LogP contribution in [0.5, 0.6) is 0 Å². The molecule has 0 saturated carbocycles. The van der Waals surface area contributed by atoms with Crippen LogP contribution in [0.4, 0.5) is 5.69 Å². The van der Waals surface area contributed by atoms with Gasteiger partial charge in [-0.3, -0.25) is 0 Å². The summed E-state index contributed by atoms with van der Waals surface area (Å²) in [5.41, 5.74) is 4.13. The number of nitrogens with zero attached hydrogens (tertiary/aromatic N) is 1. The minimum absolute atomic E-state index is 0.913. The molecule has 0 unspecified atom stereocenters. The Labute approximate surface area is 104 Å². The van der Waals surface area contributed by atoms with Gasteiger partial charge in [0.1, 0.15) is 0 Å². The number of unbranched alkanes of at least 4 members (excludes halogenated alkanes) is 1. The third-order valence-corrected chi connectivity index (χ3v) is 3.27. The molecule has 2 rings (SSSR count). The average molecular weight is 230 g/mol. The number of allylic oxidation sites excluding steroid dienone is 1. The number of hydrogen-bond donors (Lipinski definition) is 1. The minimum Gasteiger partial charge on any atom is -0.370 e. The van der Waals surface area contributed by atoms with Crippen molar-refractivity contribution in [2.75, 3.05) is 11.6 Å². The smallest absolute Gasteiger partial charge is 0.0918 e. The van der Waals surface area contributed by atoms with E-state index in [0.29, 0.717) is 0 Å². The lowest BCUT2D eigenvalue weighted by Gasteiger charge is -2.18. The summed E-state index contributed by atoms with van der Waals surface area (Å²) in [5.74, 6) is 0. The maximum absolute atomic E-state index is 3.48. The molecule has 1 N–H and O–H groups in total. The molecule has 2 heteroatoms. The van der Waals surface area contributed by atoms with Gasteiger partial charge >= 0.3 is 0 Å². The second kappa shape index (κ2) is 5.76. The van der Waals surface area contributed by atoms with Crippen LogP contribution in [0.3, 0.4) is 0 Å². The van der Waals surface area contributed by atoms with Crippen molar-refractivity contribution in [3.05, 3.63) is 41.7 Å². The van der Waals surface area contributed by atoms with E-state index in [2.05, 4.69) is 54.5 Å². The molecule has 0 aromatic heterocycles. The summed E-state index contributed by atoms with van der Waals surface area (Å²) in [6, 6.07) is 8.66. The monoisotopic (exact) mass is 230 g/mol. The van der Waals surface area contributed by atoms with Crippen molar-refractivity contribution < 1.29 is 0 Å². The molecule has 1 aliphatic rings. The van der Waals surface area contributed by atoms with Crippen LogP contribution in [-0.4, -0.2) is 6.67 Å². The van der Waals surface area contributed by atoms with Gasteiger partial charge in [-0.05, 0) is 30.9 Å². The van der Waals surface area contributed by atoms with Gasteiger partial charge in [0.2, 0.25) is 0 Å². The maximum Gasteiger partial charge on any atom is 0.0918 e. The number of anilines is 1. The molecule has 0 radical (unpaired) electrons. The summed E-state index contributed by atoms with van der Waals surface area (Å²) in [7, 11) is 0. The van der Waals surface area contributed by atoms with Crippen LogP contribution >= 0.6 is 0 Å². The van der Waals surface area contributed by atoms with E-state index in [4.69, 9.17) is 0 Å². The SMILES string of the molecule is CCCCC1=CN(c2ccccc2CC)CN1. The van der Waals surface area contributed by atoms with E-state index in [-0.39, 0.29) is 0 Å². The summed E-state index contributed by atoms with van der Waals surface area (Å²) in [4.78, 5) is 2.32. The van der Waals surface area contributed by atoms with Crippen molar-refractivity contribution in [1.29, 1.82) is 0 Å². The zero-order chi connectivity index (χ0) is 12.1. The lowest BCUT2D eigenvalue weighted by molar-refractivity contribution is 0.734. The predicted octanol–water partition coefficient (Wildman–Crippen LogP) is 3.65. The normalized spacial score (nSPS) is 14.7. The van der Waals surface area contributed by atoms with E-state index in [9.17, 15) is 0 Å². The highest BCUT2D eigenvalue weighted by molar-refractivity contribution is 5.57. The molecule has 0 saturated heterocycles. The maximum atomic E-state index is 3.48. The van der Waals surface area contributed by atoms with Crippen molar-refractivity contribution in [3.8, 4) is 0 Å². The second-order valence-corrected chi connectivity index (χ2v) is 4.54. The first kappa shape index (κ1) is 12.0. The van der Waals surface area contributed by atoms with Crippen LogP contribution in [0.2, 0.25) is 0 Å². The third-order valence-electron chi connectivity index (χ3n) is 3.27. The van der Waals surface area contributed by atoms with E-state index in [1.165, 1.54) is 36.2 Å². The number of nitrogens with one attached hydrogen (secondary N) is 1. The lowest BCUT2D eigenvalue weighted by Crippen LogP contribution is -2.21. The first-order valence-electron chi connectivity index (χ1n) is 6.64. The Hall–Kier alpha value is -1.44. The van der Waals surface area contributed by atoms with Gasteiger partial charge < -0.3 is 10.2 Å². The molecule has 0 aliphatic carbocycles. The van der Waals surface area contributed by atoms with E-state index < -0.39 is 0 Å². The lowest BCUT2D eigenvalue weighted by atomic mass is 10.1. The van der Waals surface area contributed by atoms with Crippen LogP contribution in [-0.2, 0) is 6.42 Å². The van der Waals surface area contributed by atoms with Gasteiger partial charge in [-0.25, -0.2) is 0 Å². The summed E-state index contributed by atoms with van der Waals surface area (Å²) >= 11 is 0. The highest BCUT2D eigenvalue weighted by Crippen LogP contribution is 2.24. The number of aryl methyl sites for hydroxylation is 1. The molecular formula is C15H22N2. The molecule has 2 nitrogen and oxygen atoms in total. The Morgan fingerprint density at radius 3 is 2.82 bits per heavy atom. The minimum atomic E-state index is 0.913. The summed E-state index contributed by atoms with van der Waals surface area (Å²) in [6.07, 6.45) is 7.04. The fourth-order valence-corrected chi connectivity index (χ4v) is 2.23. The number of rotatable bonds is 5. The Bertz CT molecular complexity index is 396. The number of benzene rings is 1. The van der Waals surface area contributed by atoms with Crippen LogP contribution in [0.15, 0.2) is 36.2 Å². The molecule has 0 amide bonds. The second-order valence-electron chi connectivity index (χ2n) is 4.54. The molecule has 1 aromatic rings. The van der Waals surface area contributed by atoms with Crippen molar-refractivity contribution in [3.63, 3.8) is 0 Å². The standard InChI is InChI=1S/C15H22N2/c1-3-5-9-14-11-17(12-16-14)15-10-7-6-8-13(15)4-2/h6-8,10-11,16H,3-5,9,12H2,1-2H3. The summed E-state index contributed by atoms with van der Waals surface area (Å²) in [5, 5.41) is 3.48. The molecule has 17 heavy (non-hydrogen) atoms. The van der Waals surface area contributed by atoms with Crippen molar-refractivity contribution >= 4 is 5.69 Å². The molecule has 0 atom stereocenters. The van der Waals surface area contributed by atoms with Crippen LogP contribution in [0, 0.1) is 0 Å². The molecular weight excluding hydrogens is 208 g/mol. The van der Waals surface area contributed by atoms with Crippen LogP contribution in [0.25, 0.3) is 0 Å². The first-order chi connectivity index (χ1) is 8.35. The number of para-hydroxylation sites is 1. The highest BCUT2D eigenvalue weighted by Gasteiger charge is 2.14. The van der Waals surface area contributed by atoms with Gasteiger partial charge in [0.15, 0.2) is 0 Å². The van der Waals surface area contributed by atoms with E-state index in [0.717, 1.165) is 13.1 Å². The van der Waals surface area contributed by atoms with Gasteiger partial charge in [0.05, 0.1) is 6.67 Å². The van der Waals surface area contributed by atoms with Gasteiger partial charge in [-0.15, -0.1) is 0 Å². The fourth-order valence-electron chi connectivity index (χ4n) is 2.23. The van der Waals surface area contributed by atoms with Gasteiger partial charge in [0, 0.05) is 17.6 Å². The molecule has 0 spiro atoms. The third kappa shape index (κ3) is 2.82. The quantitative estimate of drug-likeness (QED) is 0.830. The van der Waals surface area contributed by atoms with Crippen LogP contribution < -0.4 is 10.2 Å². The van der Waals surface area contributed by atoms with E-state index in [1.807, 2.05) is 0 Å².